The molecule has 1 aliphatic rings. The van der Waals surface area contributed by atoms with Gasteiger partial charge in [0.05, 0.1) is 0 Å². The van der Waals surface area contributed by atoms with Crippen LogP contribution in [0.5, 0.6) is 5.75 Å². The first kappa shape index (κ1) is 20.9. The molecule has 4 nitrogen and oxygen atoms in total. The first-order chi connectivity index (χ1) is 15.0. The molecule has 1 aliphatic heterocycles. The number of likely N-dealkylation sites (tertiary alicyclic amines) is 1. The SMILES string of the molecule is C=C/C(=C/C)N1CC(N(C)Cc2ccc(-c3cc(O)cc4ccccc34)cc2C=O)C1. The number of nitrogens with zero attached hydrogens (tertiary/aromatic N) is 2. The Hall–Kier alpha value is -3.37. The van der Waals surface area contributed by atoms with E-state index in [9.17, 15) is 9.90 Å². The second-order valence-electron chi connectivity index (χ2n) is 8.14. The lowest BCUT2D eigenvalue weighted by molar-refractivity contribution is 0.0741. The van der Waals surface area contributed by atoms with E-state index in [4.69, 9.17) is 0 Å². The number of hydrogen-bond donors (Lipinski definition) is 1. The monoisotopic (exact) mass is 412 g/mol. The Balaban J connectivity index is 1.56. The lowest BCUT2D eigenvalue weighted by atomic mass is 9.94. The molecule has 1 saturated heterocycles. The summed E-state index contributed by atoms with van der Waals surface area (Å²) in [6.07, 6.45) is 4.91. The molecule has 0 saturated carbocycles. The van der Waals surface area contributed by atoms with Crippen molar-refractivity contribution in [1.29, 1.82) is 0 Å². The smallest absolute Gasteiger partial charge is 0.150 e. The fourth-order valence-corrected chi connectivity index (χ4v) is 4.32. The molecule has 4 heteroatoms. The first-order valence-corrected chi connectivity index (χ1v) is 10.6. The van der Waals surface area contributed by atoms with Gasteiger partial charge in [-0.15, -0.1) is 0 Å². The van der Waals surface area contributed by atoms with Gasteiger partial charge in [0.15, 0.2) is 0 Å². The van der Waals surface area contributed by atoms with Crippen LogP contribution >= 0.6 is 0 Å². The molecule has 4 rings (SSSR count). The standard InChI is InChI=1S/C27H28N2O2/c1-4-23(5-2)29-16-24(17-29)28(3)15-21-11-10-20(12-22(21)18-30)27-14-25(31)13-19-8-6-7-9-26(19)27/h4-14,18,24,31H,1,15-17H2,2-3H3/b23-5-. The van der Waals surface area contributed by atoms with Gasteiger partial charge in [-0.2, -0.15) is 0 Å². The number of phenols is 1. The van der Waals surface area contributed by atoms with Crippen LogP contribution in [-0.2, 0) is 6.54 Å². The number of benzene rings is 3. The highest BCUT2D eigenvalue weighted by Gasteiger charge is 2.30. The summed E-state index contributed by atoms with van der Waals surface area (Å²) in [5, 5.41) is 12.2. The fourth-order valence-electron chi connectivity index (χ4n) is 4.32. The van der Waals surface area contributed by atoms with Gasteiger partial charge in [-0.25, -0.2) is 0 Å². The highest BCUT2D eigenvalue weighted by atomic mass is 16.3. The van der Waals surface area contributed by atoms with E-state index in [0.29, 0.717) is 18.2 Å². The molecule has 0 aliphatic carbocycles. The van der Waals surface area contributed by atoms with E-state index in [0.717, 1.165) is 46.8 Å². The molecule has 158 valence electrons. The van der Waals surface area contributed by atoms with Crippen molar-refractivity contribution in [3.05, 3.63) is 90.2 Å². The molecule has 1 heterocycles. The van der Waals surface area contributed by atoms with E-state index in [1.165, 1.54) is 5.70 Å². The lowest BCUT2D eigenvalue weighted by Gasteiger charge is -2.46. The van der Waals surface area contributed by atoms with Gasteiger partial charge in [-0.05, 0) is 65.7 Å². The van der Waals surface area contributed by atoms with Crippen LogP contribution in [-0.4, -0.2) is 47.4 Å². The van der Waals surface area contributed by atoms with E-state index < -0.39 is 0 Å². The van der Waals surface area contributed by atoms with Crippen molar-refractivity contribution in [2.24, 2.45) is 0 Å². The van der Waals surface area contributed by atoms with Crippen molar-refractivity contribution in [3.8, 4) is 16.9 Å². The van der Waals surface area contributed by atoms with Crippen LogP contribution in [0.4, 0.5) is 0 Å². The lowest BCUT2D eigenvalue weighted by Crippen LogP contribution is -2.57. The quantitative estimate of drug-likeness (QED) is 0.426. The van der Waals surface area contributed by atoms with Crippen molar-refractivity contribution < 1.29 is 9.90 Å². The summed E-state index contributed by atoms with van der Waals surface area (Å²) in [6.45, 7) is 8.55. The maximum atomic E-state index is 11.9. The maximum absolute atomic E-state index is 11.9. The number of aldehydes is 1. The summed E-state index contributed by atoms with van der Waals surface area (Å²) in [5.74, 6) is 0.222. The highest BCUT2D eigenvalue weighted by molar-refractivity contribution is 5.98. The predicted molar refractivity (Wildman–Crippen MR) is 127 cm³/mol. The third-order valence-corrected chi connectivity index (χ3v) is 6.21. The molecular weight excluding hydrogens is 384 g/mol. The molecule has 0 spiro atoms. The first-order valence-electron chi connectivity index (χ1n) is 10.6. The van der Waals surface area contributed by atoms with Gasteiger partial charge >= 0.3 is 0 Å². The van der Waals surface area contributed by atoms with Crippen molar-refractivity contribution >= 4 is 17.1 Å². The molecule has 1 fully saturated rings. The number of fused-ring (bicyclic) bond motifs is 1. The Kier molecular flexibility index (Phi) is 5.92. The van der Waals surface area contributed by atoms with E-state index in [-0.39, 0.29) is 5.75 Å². The van der Waals surface area contributed by atoms with Gasteiger partial charge in [0.2, 0.25) is 0 Å². The number of rotatable bonds is 7. The Morgan fingerprint density at radius 2 is 1.97 bits per heavy atom. The largest absolute Gasteiger partial charge is 0.508 e. The summed E-state index contributed by atoms with van der Waals surface area (Å²) in [4.78, 5) is 16.5. The van der Waals surface area contributed by atoms with E-state index in [1.54, 1.807) is 12.1 Å². The van der Waals surface area contributed by atoms with Gasteiger partial charge in [0.25, 0.3) is 0 Å². The van der Waals surface area contributed by atoms with Crippen molar-refractivity contribution in [2.45, 2.75) is 19.5 Å². The number of carbonyl (C=O) groups excluding carboxylic acids is 1. The Labute approximate surface area is 183 Å². The molecule has 0 atom stereocenters. The topological polar surface area (TPSA) is 43.8 Å². The maximum Gasteiger partial charge on any atom is 0.150 e. The van der Waals surface area contributed by atoms with Crippen molar-refractivity contribution in [2.75, 3.05) is 20.1 Å². The van der Waals surface area contributed by atoms with Crippen molar-refractivity contribution in [1.82, 2.24) is 9.80 Å². The number of allylic oxidation sites excluding steroid dienone is 2. The molecule has 3 aromatic rings. The van der Waals surface area contributed by atoms with Crippen LogP contribution in [0.25, 0.3) is 21.9 Å². The van der Waals surface area contributed by atoms with Crippen LogP contribution < -0.4 is 0 Å². The van der Waals surface area contributed by atoms with Crippen molar-refractivity contribution in [3.63, 3.8) is 0 Å². The number of likely N-dealkylation sites (N-methyl/N-ethyl adjacent to an activating group) is 1. The molecule has 31 heavy (non-hydrogen) atoms. The minimum Gasteiger partial charge on any atom is -0.508 e. The van der Waals surface area contributed by atoms with Gasteiger partial charge < -0.3 is 10.0 Å². The average molecular weight is 413 g/mol. The summed E-state index contributed by atoms with van der Waals surface area (Å²) >= 11 is 0. The second kappa shape index (κ2) is 8.78. The summed E-state index contributed by atoms with van der Waals surface area (Å²) in [7, 11) is 2.11. The fraction of sp³-hybridized carbons (Fsp3) is 0.222. The normalized spacial score (nSPS) is 14.7. The number of phenolic OH excluding ortho intramolecular Hbond substituents is 1. The molecular formula is C27H28N2O2. The Morgan fingerprint density at radius 3 is 2.68 bits per heavy atom. The van der Waals surface area contributed by atoms with Gasteiger partial charge in [-0.1, -0.05) is 49.1 Å². The van der Waals surface area contributed by atoms with Crippen LogP contribution in [0.15, 0.2) is 79.0 Å². The van der Waals surface area contributed by atoms with E-state index >= 15 is 0 Å². The molecule has 1 N–H and O–H groups in total. The molecule has 3 aromatic carbocycles. The highest BCUT2D eigenvalue weighted by Crippen LogP contribution is 2.33. The molecule has 0 aromatic heterocycles. The van der Waals surface area contributed by atoms with Gasteiger partial charge in [0.1, 0.15) is 12.0 Å². The Bertz CT molecular complexity index is 1160. The summed E-state index contributed by atoms with van der Waals surface area (Å²) in [5.41, 5.74) is 4.73. The zero-order valence-electron chi connectivity index (χ0n) is 18.1. The molecule has 0 radical (unpaired) electrons. The van der Waals surface area contributed by atoms with Crippen LogP contribution in [0.2, 0.25) is 0 Å². The average Bonchev–Trinajstić information content (AvgIpc) is 2.75. The Morgan fingerprint density at radius 1 is 1.19 bits per heavy atom. The van der Waals surface area contributed by atoms with Gasteiger partial charge in [-0.3, -0.25) is 9.69 Å². The van der Waals surface area contributed by atoms with Crippen LogP contribution in [0.3, 0.4) is 0 Å². The van der Waals surface area contributed by atoms with Gasteiger partial charge in [0, 0.05) is 36.9 Å². The summed E-state index contributed by atoms with van der Waals surface area (Å²) < 4.78 is 0. The number of carbonyl (C=O) groups is 1. The van der Waals surface area contributed by atoms with E-state index in [2.05, 4.69) is 29.5 Å². The minimum absolute atomic E-state index is 0.222. The zero-order valence-corrected chi connectivity index (χ0v) is 18.1. The third-order valence-electron chi connectivity index (χ3n) is 6.21. The zero-order chi connectivity index (χ0) is 22.0. The molecule has 0 bridgehead atoms. The predicted octanol–water partition coefficient (Wildman–Crippen LogP) is 5.23. The third kappa shape index (κ3) is 4.12. The number of hydrogen-bond acceptors (Lipinski definition) is 4. The minimum atomic E-state index is 0.222. The second-order valence-corrected chi connectivity index (χ2v) is 8.14. The molecule has 0 amide bonds. The van der Waals surface area contributed by atoms with E-state index in [1.807, 2.05) is 55.5 Å². The molecule has 0 unspecified atom stereocenters. The van der Waals surface area contributed by atoms with Crippen LogP contribution in [0.1, 0.15) is 22.8 Å². The van der Waals surface area contributed by atoms with Crippen LogP contribution in [0, 0.1) is 0 Å². The number of aromatic hydroxyl groups is 1. The summed E-state index contributed by atoms with van der Waals surface area (Å²) in [6, 6.07) is 17.9.